The molecular formula is C19H22N2O6S. The first-order chi connectivity index (χ1) is 13.3. The molecule has 2 heterocycles. The van der Waals surface area contributed by atoms with Gasteiger partial charge in [-0.15, -0.1) is 0 Å². The summed E-state index contributed by atoms with van der Waals surface area (Å²) < 4.78 is 36.8. The molecule has 150 valence electrons. The predicted octanol–water partition coefficient (Wildman–Crippen LogP) is 1.59. The Morgan fingerprint density at radius 3 is 2.25 bits per heavy atom. The Labute approximate surface area is 163 Å². The van der Waals surface area contributed by atoms with Crippen LogP contribution >= 0.6 is 0 Å². The number of carbonyl (C=O) groups excluding carboxylic acids is 2. The number of ether oxygens (including phenoxy) is 1. The topological polar surface area (TPSA) is 97.1 Å². The molecule has 0 aliphatic carbocycles. The van der Waals surface area contributed by atoms with E-state index in [9.17, 15) is 18.0 Å². The van der Waals surface area contributed by atoms with Crippen molar-refractivity contribution < 1.29 is 27.2 Å². The lowest BCUT2D eigenvalue weighted by molar-refractivity contribution is -0.135. The molecule has 3 rings (SSSR count). The summed E-state index contributed by atoms with van der Waals surface area (Å²) >= 11 is 0. The summed E-state index contributed by atoms with van der Waals surface area (Å²) in [6.45, 7) is 3.99. The van der Waals surface area contributed by atoms with Crippen molar-refractivity contribution in [1.82, 2.24) is 9.21 Å². The SMILES string of the molecule is Cc1ccc(S(=O)(=O)N2CCN(C(=O)COC(=O)c3ccoc3C)CC2)cc1. The van der Waals surface area contributed by atoms with Crippen molar-refractivity contribution in [3.05, 3.63) is 53.5 Å². The van der Waals surface area contributed by atoms with Crippen LogP contribution in [0.3, 0.4) is 0 Å². The van der Waals surface area contributed by atoms with E-state index in [0.29, 0.717) is 5.76 Å². The van der Waals surface area contributed by atoms with Crippen LogP contribution in [0.15, 0.2) is 45.9 Å². The fourth-order valence-electron chi connectivity index (χ4n) is 2.93. The van der Waals surface area contributed by atoms with Crippen LogP contribution in [0.1, 0.15) is 21.7 Å². The number of hydrogen-bond acceptors (Lipinski definition) is 6. The normalized spacial score (nSPS) is 15.4. The Balaban J connectivity index is 1.53. The molecule has 0 atom stereocenters. The lowest BCUT2D eigenvalue weighted by Gasteiger charge is -2.33. The van der Waals surface area contributed by atoms with Crippen LogP contribution < -0.4 is 0 Å². The summed E-state index contributed by atoms with van der Waals surface area (Å²) in [5.74, 6) is -0.561. The molecule has 0 saturated carbocycles. The fourth-order valence-corrected chi connectivity index (χ4v) is 4.35. The third kappa shape index (κ3) is 4.26. The number of esters is 1. The van der Waals surface area contributed by atoms with Crippen molar-refractivity contribution in [3.8, 4) is 0 Å². The Morgan fingerprint density at radius 1 is 1.04 bits per heavy atom. The van der Waals surface area contributed by atoms with Crippen LogP contribution in [0.4, 0.5) is 0 Å². The van der Waals surface area contributed by atoms with Gasteiger partial charge < -0.3 is 14.1 Å². The lowest BCUT2D eigenvalue weighted by atomic mass is 10.2. The molecule has 1 fully saturated rings. The number of hydrogen-bond donors (Lipinski definition) is 0. The third-order valence-corrected chi connectivity index (χ3v) is 6.57. The average Bonchev–Trinajstić information content (AvgIpc) is 3.12. The van der Waals surface area contributed by atoms with Crippen LogP contribution in [-0.4, -0.2) is 62.3 Å². The highest BCUT2D eigenvalue weighted by Gasteiger charge is 2.30. The highest BCUT2D eigenvalue weighted by molar-refractivity contribution is 7.89. The molecule has 1 saturated heterocycles. The van der Waals surface area contributed by atoms with E-state index < -0.39 is 22.6 Å². The average molecular weight is 406 g/mol. The molecule has 1 aliphatic rings. The summed E-state index contributed by atoms with van der Waals surface area (Å²) in [5.41, 5.74) is 1.26. The van der Waals surface area contributed by atoms with Gasteiger partial charge in [-0.25, -0.2) is 13.2 Å². The number of rotatable bonds is 5. The van der Waals surface area contributed by atoms with Gasteiger partial charge in [0.1, 0.15) is 11.3 Å². The maximum Gasteiger partial charge on any atom is 0.342 e. The predicted molar refractivity (Wildman–Crippen MR) is 100 cm³/mol. The highest BCUT2D eigenvalue weighted by atomic mass is 32.2. The van der Waals surface area contributed by atoms with E-state index in [1.807, 2.05) is 6.92 Å². The van der Waals surface area contributed by atoms with Gasteiger partial charge in [-0.1, -0.05) is 17.7 Å². The van der Waals surface area contributed by atoms with Gasteiger partial charge in [0, 0.05) is 26.2 Å². The summed E-state index contributed by atoms with van der Waals surface area (Å²) in [5, 5.41) is 0. The van der Waals surface area contributed by atoms with E-state index in [0.717, 1.165) is 5.56 Å². The zero-order chi connectivity index (χ0) is 20.3. The van der Waals surface area contributed by atoms with Crippen molar-refractivity contribution in [2.24, 2.45) is 0 Å². The van der Waals surface area contributed by atoms with E-state index in [2.05, 4.69) is 0 Å². The zero-order valence-corrected chi connectivity index (χ0v) is 16.6. The maximum absolute atomic E-state index is 12.7. The second-order valence-electron chi connectivity index (χ2n) is 6.56. The minimum absolute atomic E-state index is 0.191. The van der Waals surface area contributed by atoms with E-state index >= 15 is 0 Å². The monoisotopic (exact) mass is 406 g/mol. The van der Waals surface area contributed by atoms with E-state index in [1.165, 1.54) is 21.5 Å². The van der Waals surface area contributed by atoms with Crippen molar-refractivity contribution >= 4 is 21.9 Å². The minimum Gasteiger partial charge on any atom is -0.469 e. The van der Waals surface area contributed by atoms with Crippen LogP contribution in [0.2, 0.25) is 0 Å². The molecule has 1 amide bonds. The van der Waals surface area contributed by atoms with Gasteiger partial charge >= 0.3 is 5.97 Å². The van der Waals surface area contributed by atoms with E-state index in [4.69, 9.17) is 9.15 Å². The van der Waals surface area contributed by atoms with Gasteiger partial charge in [0.2, 0.25) is 10.0 Å². The molecule has 0 unspecified atom stereocenters. The standard InChI is InChI=1S/C19H22N2O6S/c1-14-3-5-16(6-4-14)28(24,25)21-10-8-20(9-11-21)18(22)13-27-19(23)17-7-12-26-15(17)2/h3-7,12H,8-11,13H2,1-2H3. The minimum atomic E-state index is -3.59. The van der Waals surface area contributed by atoms with Crippen molar-refractivity contribution in [1.29, 1.82) is 0 Å². The van der Waals surface area contributed by atoms with Gasteiger partial charge in [0.25, 0.3) is 5.91 Å². The largest absolute Gasteiger partial charge is 0.469 e. The van der Waals surface area contributed by atoms with Gasteiger partial charge in [0.05, 0.1) is 11.2 Å². The summed E-state index contributed by atoms with van der Waals surface area (Å²) in [7, 11) is -3.59. The van der Waals surface area contributed by atoms with Gasteiger partial charge in [-0.3, -0.25) is 4.79 Å². The van der Waals surface area contributed by atoms with Gasteiger partial charge in [-0.2, -0.15) is 4.31 Å². The number of benzene rings is 1. The third-order valence-electron chi connectivity index (χ3n) is 4.66. The fraction of sp³-hybridized carbons (Fsp3) is 0.368. The molecule has 1 aromatic carbocycles. The number of nitrogens with zero attached hydrogens (tertiary/aromatic N) is 2. The number of sulfonamides is 1. The number of aryl methyl sites for hydroxylation is 2. The number of amides is 1. The molecular weight excluding hydrogens is 384 g/mol. The Hall–Kier alpha value is -2.65. The Morgan fingerprint density at radius 2 is 1.68 bits per heavy atom. The molecule has 1 aromatic heterocycles. The summed E-state index contributed by atoms with van der Waals surface area (Å²) in [6.07, 6.45) is 1.38. The first-order valence-electron chi connectivity index (χ1n) is 8.85. The lowest BCUT2D eigenvalue weighted by Crippen LogP contribution is -2.51. The first kappa shape index (κ1) is 20.1. The molecule has 2 aromatic rings. The zero-order valence-electron chi connectivity index (χ0n) is 15.8. The Bertz CT molecular complexity index is 957. The smallest absolute Gasteiger partial charge is 0.342 e. The van der Waals surface area contributed by atoms with Crippen LogP contribution in [0.25, 0.3) is 0 Å². The summed E-state index contributed by atoms with van der Waals surface area (Å²) in [6, 6.07) is 8.15. The molecule has 1 aliphatic heterocycles. The second kappa shape index (κ2) is 8.15. The van der Waals surface area contributed by atoms with E-state index in [-0.39, 0.29) is 42.5 Å². The summed E-state index contributed by atoms with van der Waals surface area (Å²) in [4.78, 5) is 26.0. The van der Waals surface area contributed by atoms with Gasteiger partial charge in [0.15, 0.2) is 6.61 Å². The number of carbonyl (C=O) groups is 2. The molecule has 9 heteroatoms. The molecule has 0 radical (unpaired) electrons. The molecule has 28 heavy (non-hydrogen) atoms. The molecule has 8 nitrogen and oxygen atoms in total. The van der Waals surface area contributed by atoms with Crippen LogP contribution in [0.5, 0.6) is 0 Å². The second-order valence-corrected chi connectivity index (χ2v) is 8.50. The first-order valence-corrected chi connectivity index (χ1v) is 10.3. The van der Waals surface area contributed by atoms with E-state index in [1.54, 1.807) is 31.2 Å². The maximum atomic E-state index is 12.7. The molecule has 0 bridgehead atoms. The molecule has 0 N–H and O–H groups in total. The highest BCUT2D eigenvalue weighted by Crippen LogP contribution is 2.18. The van der Waals surface area contributed by atoms with Gasteiger partial charge in [-0.05, 0) is 32.0 Å². The van der Waals surface area contributed by atoms with Crippen molar-refractivity contribution in [3.63, 3.8) is 0 Å². The quantitative estimate of drug-likeness (QED) is 0.700. The Kier molecular flexibility index (Phi) is 5.85. The van der Waals surface area contributed by atoms with Crippen molar-refractivity contribution in [2.75, 3.05) is 32.8 Å². The van der Waals surface area contributed by atoms with Crippen LogP contribution in [0, 0.1) is 13.8 Å². The van der Waals surface area contributed by atoms with Crippen molar-refractivity contribution in [2.45, 2.75) is 18.7 Å². The van der Waals surface area contributed by atoms with Crippen LogP contribution in [-0.2, 0) is 19.6 Å². The number of furan rings is 1. The molecule has 0 spiro atoms. The number of piperazine rings is 1.